The van der Waals surface area contributed by atoms with Crippen molar-refractivity contribution in [3.63, 3.8) is 0 Å². The van der Waals surface area contributed by atoms with Gasteiger partial charge in [-0.3, -0.25) is 9.59 Å². The van der Waals surface area contributed by atoms with Gasteiger partial charge in [-0.1, -0.05) is 12.0 Å². The van der Waals surface area contributed by atoms with Crippen molar-refractivity contribution >= 4 is 38.9 Å². The minimum Gasteiger partial charge on any atom is -0.342 e. The molecule has 28 heavy (non-hydrogen) atoms. The van der Waals surface area contributed by atoms with Gasteiger partial charge in [0.25, 0.3) is 5.91 Å². The van der Waals surface area contributed by atoms with Gasteiger partial charge in [-0.05, 0) is 42.5 Å². The number of rotatable bonds is 6. The average Bonchev–Trinajstić information content (AvgIpc) is 3.38. The molecule has 0 atom stereocenters. The van der Waals surface area contributed by atoms with Crippen LogP contribution in [0.15, 0.2) is 40.6 Å². The molecule has 1 fully saturated rings. The maximum atomic E-state index is 12.7. The fraction of sp³-hybridized carbons (Fsp3) is 0.263. The molecule has 0 unspecified atom stereocenters. The highest BCUT2D eigenvalue weighted by atomic mass is 32.2. The number of hydrogen-bond acceptors (Lipinski definition) is 5. The number of nitrogens with zero attached hydrogens (tertiary/aromatic N) is 1. The van der Waals surface area contributed by atoms with E-state index in [1.54, 1.807) is 29.6 Å². The van der Waals surface area contributed by atoms with Crippen LogP contribution in [0, 0.1) is 12.3 Å². The van der Waals surface area contributed by atoms with Crippen molar-refractivity contribution < 1.29 is 18.0 Å². The molecule has 1 aromatic heterocycles. The molecule has 0 aliphatic carbocycles. The number of anilines is 1. The van der Waals surface area contributed by atoms with Gasteiger partial charge in [0.2, 0.25) is 15.9 Å². The Balaban J connectivity index is 1.63. The smallest absolute Gasteiger partial charge is 0.263 e. The van der Waals surface area contributed by atoms with Crippen LogP contribution in [0.1, 0.15) is 28.1 Å². The van der Waals surface area contributed by atoms with E-state index in [2.05, 4.69) is 16.6 Å². The largest absolute Gasteiger partial charge is 0.342 e. The van der Waals surface area contributed by atoms with E-state index >= 15 is 0 Å². The molecule has 0 bridgehead atoms. The Morgan fingerprint density at radius 3 is 2.68 bits per heavy atom. The Morgan fingerprint density at radius 2 is 1.96 bits per heavy atom. The summed E-state index contributed by atoms with van der Waals surface area (Å²) < 4.78 is 26.8. The molecule has 1 aliphatic rings. The monoisotopic (exact) mass is 417 g/mol. The molecule has 9 heteroatoms. The van der Waals surface area contributed by atoms with Crippen LogP contribution in [0.3, 0.4) is 0 Å². The summed E-state index contributed by atoms with van der Waals surface area (Å²) in [6, 6.07) is 8.19. The molecule has 2 N–H and O–H groups in total. The second kappa shape index (κ2) is 8.56. The first-order valence-electron chi connectivity index (χ1n) is 8.64. The molecule has 1 aromatic carbocycles. The number of carbonyl (C=O) groups excluding carboxylic acids is 2. The summed E-state index contributed by atoms with van der Waals surface area (Å²) in [5.41, 5.74) is 1.14. The molecule has 0 radical (unpaired) electrons. The van der Waals surface area contributed by atoms with Crippen LogP contribution in [0.25, 0.3) is 0 Å². The lowest BCUT2D eigenvalue weighted by molar-refractivity contribution is -0.115. The maximum absolute atomic E-state index is 12.7. The summed E-state index contributed by atoms with van der Waals surface area (Å²) in [5.74, 6) is 1.43. The van der Waals surface area contributed by atoms with Gasteiger partial charge in [-0.2, -0.15) is 4.31 Å². The number of thiophene rings is 1. The van der Waals surface area contributed by atoms with Gasteiger partial charge >= 0.3 is 0 Å². The maximum Gasteiger partial charge on any atom is 0.263 e. The summed E-state index contributed by atoms with van der Waals surface area (Å²) in [5, 5.41) is 6.67. The first-order chi connectivity index (χ1) is 13.4. The number of hydrogen-bond donors (Lipinski definition) is 2. The van der Waals surface area contributed by atoms with Crippen molar-refractivity contribution in [2.45, 2.75) is 17.7 Å². The molecular formula is C19H19N3O4S2. The van der Waals surface area contributed by atoms with Gasteiger partial charge in [0, 0.05) is 24.3 Å². The van der Waals surface area contributed by atoms with Gasteiger partial charge in [0.05, 0.1) is 6.54 Å². The summed E-state index contributed by atoms with van der Waals surface area (Å²) >= 11 is 1.03. The second-order valence-electron chi connectivity index (χ2n) is 6.18. The molecule has 7 nitrogen and oxygen atoms in total. The van der Waals surface area contributed by atoms with Gasteiger partial charge in [-0.25, -0.2) is 8.42 Å². The first-order valence-corrected chi connectivity index (χ1v) is 11.0. The van der Waals surface area contributed by atoms with Gasteiger partial charge < -0.3 is 10.6 Å². The molecule has 3 rings (SSSR count). The number of carbonyl (C=O) groups is 2. The van der Waals surface area contributed by atoms with E-state index in [4.69, 9.17) is 6.42 Å². The summed E-state index contributed by atoms with van der Waals surface area (Å²) in [6.45, 7) is 0.622. The lowest BCUT2D eigenvalue weighted by Gasteiger charge is -2.15. The van der Waals surface area contributed by atoms with E-state index in [0.717, 1.165) is 24.2 Å². The zero-order chi connectivity index (χ0) is 20.1. The predicted octanol–water partition coefficient (Wildman–Crippen LogP) is 1.88. The van der Waals surface area contributed by atoms with Crippen molar-refractivity contribution in [2.24, 2.45) is 0 Å². The molecule has 1 aliphatic heterocycles. The van der Waals surface area contributed by atoms with Crippen LogP contribution in [-0.2, 0) is 14.8 Å². The number of sulfonamides is 1. The van der Waals surface area contributed by atoms with Crippen LogP contribution in [0.2, 0.25) is 0 Å². The summed E-state index contributed by atoms with van der Waals surface area (Å²) in [7, 11) is -3.70. The topological polar surface area (TPSA) is 95.6 Å². The minimum absolute atomic E-state index is 0.0148. The standard InChI is InChI=1S/C19H19N3O4S2/c1-2-14-6-5-7-15(12-14)21-17(23)13-20-19(24)18-16(8-11-27-18)28(25,26)22-9-3-4-10-22/h1,5-8,11-12H,3-4,9-10,13H2,(H,20,24)(H,21,23). The van der Waals surface area contributed by atoms with Crippen LogP contribution in [0.4, 0.5) is 5.69 Å². The summed E-state index contributed by atoms with van der Waals surface area (Å²) in [4.78, 5) is 24.6. The van der Waals surface area contributed by atoms with E-state index in [9.17, 15) is 18.0 Å². The molecule has 1 saturated heterocycles. The highest BCUT2D eigenvalue weighted by molar-refractivity contribution is 7.89. The van der Waals surface area contributed by atoms with Crippen molar-refractivity contribution in [1.82, 2.24) is 9.62 Å². The van der Waals surface area contributed by atoms with Crippen LogP contribution >= 0.6 is 11.3 Å². The number of terminal acetylenes is 1. The van der Waals surface area contributed by atoms with E-state index in [-0.39, 0.29) is 16.3 Å². The Kier molecular flexibility index (Phi) is 6.14. The van der Waals surface area contributed by atoms with E-state index in [1.165, 1.54) is 10.4 Å². The molecule has 2 heterocycles. The second-order valence-corrected chi connectivity index (χ2v) is 9.00. The zero-order valence-corrected chi connectivity index (χ0v) is 16.6. The number of benzene rings is 1. The van der Waals surface area contributed by atoms with E-state index < -0.39 is 21.8 Å². The number of amides is 2. The van der Waals surface area contributed by atoms with Gasteiger partial charge in [0.15, 0.2) is 0 Å². The quantitative estimate of drug-likeness (QED) is 0.702. The number of nitrogens with one attached hydrogen (secondary N) is 2. The SMILES string of the molecule is C#Cc1cccc(NC(=O)CNC(=O)c2sccc2S(=O)(=O)N2CCCC2)c1. The van der Waals surface area contributed by atoms with Gasteiger partial charge in [0.1, 0.15) is 9.77 Å². The van der Waals surface area contributed by atoms with Crippen molar-refractivity contribution in [1.29, 1.82) is 0 Å². The predicted molar refractivity (Wildman–Crippen MR) is 108 cm³/mol. The Hall–Kier alpha value is -2.67. The van der Waals surface area contributed by atoms with Crippen LogP contribution < -0.4 is 10.6 Å². The third-order valence-corrected chi connectivity index (χ3v) is 7.22. The minimum atomic E-state index is -3.70. The fourth-order valence-corrected chi connectivity index (χ4v) is 5.70. The molecular weight excluding hydrogens is 398 g/mol. The Bertz CT molecular complexity index is 1030. The third-order valence-electron chi connectivity index (χ3n) is 4.24. The van der Waals surface area contributed by atoms with Gasteiger partial charge in [-0.15, -0.1) is 17.8 Å². The molecule has 146 valence electrons. The van der Waals surface area contributed by atoms with E-state index in [0.29, 0.717) is 24.3 Å². The lowest BCUT2D eigenvalue weighted by atomic mass is 10.2. The lowest BCUT2D eigenvalue weighted by Crippen LogP contribution is -2.34. The molecule has 2 amide bonds. The molecule has 2 aromatic rings. The zero-order valence-electron chi connectivity index (χ0n) is 15.0. The first kappa shape index (κ1) is 20.1. The fourth-order valence-electron chi connectivity index (χ4n) is 2.87. The Morgan fingerprint density at radius 1 is 1.21 bits per heavy atom. The third kappa shape index (κ3) is 4.42. The van der Waals surface area contributed by atoms with Crippen molar-refractivity contribution in [3.05, 3.63) is 46.2 Å². The highest BCUT2D eigenvalue weighted by Gasteiger charge is 2.31. The average molecular weight is 418 g/mol. The van der Waals surface area contributed by atoms with E-state index in [1.807, 2.05) is 0 Å². The Labute approximate surface area is 167 Å². The molecule has 0 saturated carbocycles. The van der Waals surface area contributed by atoms with Crippen LogP contribution in [-0.4, -0.2) is 44.2 Å². The summed E-state index contributed by atoms with van der Waals surface area (Å²) in [6.07, 6.45) is 6.95. The van der Waals surface area contributed by atoms with Crippen LogP contribution in [0.5, 0.6) is 0 Å². The van der Waals surface area contributed by atoms with Crippen molar-refractivity contribution in [2.75, 3.05) is 25.0 Å². The van der Waals surface area contributed by atoms with Crippen molar-refractivity contribution in [3.8, 4) is 12.3 Å². The normalized spacial score (nSPS) is 14.4. The highest BCUT2D eigenvalue weighted by Crippen LogP contribution is 2.27. The molecule has 0 spiro atoms.